The lowest BCUT2D eigenvalue weighted by atomic mass is 9.82. The standard InChI is InChI=1S/C14H19FN2O2/c1-10-3-2-4-11(7-10)9-16-13-8-12(15)5-6-14(13)17(18)19/h5-6,8,10-11,16H,2-4,7,9H2,1H3. The minimum absolute atomic E-state index is 0.0646. The summed E-state index contributed by atoms with van der Waals surface area (Å²) in [5.41, 5.74) is 0.216. The Balaban J connectivity index is 2.02. The molecule has 104 valence electrons. The van der Waals surface area contributed by atoms with Gasteiger partial charge in [-0.15, -0.1) is 0 Å². The van der Waals surface area contributed by atoms with Crippen LogP contribution in [0, 0.1) is 27.8 Å². The molecule has 1 saturated carbocycles. The lowest BCUT2D eigenvalue weighted by molar-refractivity contribution is -0.384. The van der Waals surface area contributed by atoms with Gasteiger partial charge in [0.1, 0.15) is 11.5 Å². The van der Waals surface area contributed by atoms with Crippen LogP contribution < -0.4 is 5.32 Å². The van der Waals surface area contributed by atoms with Crippen molar-refractivity contribution >= 4 is 11.4 Å². The van der Waals surface area contributed by atoms with Crippen molar-refractivity contribution in [2.75, 3.05) is 11.9 Å². The highest BCUT2D eigenvalue weighted by molar-refractivity contribution is 5.61. The van der Waals surface area contributed by atoms with E-state index in [1.807, 2.05) is 0 Å². The fraction of sp³-hybridized carbons (Fsp3) is 0.571. The molecule has 2 atom stereocenters. The number of hydrogen-bond acceptors (Lipinski definition) is 3. The predicted octanol–water partition coefficient (Wildman–Crippen LogP) is 3.97. The van der Waals surface area contributed by atoms with E-state index in [0.717, 1.165) is 18.9 Å². The largest absolute Gasteiger partial charge is 0.379 e. The smallest absolute Gasteiger partial charge is 0.292 e. The van der Waals surface area contributed by atoms with Crippen LogP contribution in [0.1, 0.15) is 32.6 Å². The molecule has 1 aromatic carbocycles. The summed E-state index contributed by atoms with van der Waals surface area (Å²) in [6.45, 7) is 2.91. The quantitative estimate of drug-likeness (QED) is 0.662. The molecular formula is C14H19FN2O2. The number of rotatable bonds is 4. The Morgan fingerprint density at radius 3 is 2.95 bits per heavy atom. The number of nitrogens with one attached hydrogen (secondary N) is 1. The van der Waals surface area contributed by atoms with Gasteiger partial charge in [-0.05, 0) is 30.7 Å². The molecule has 1 N–H and O–H groups in total. The minimum atomic E-state index is -0.481. The number of anilines is 1. The van der Waals surface area contributed by atoms with Crippen LogP contribution in [0.15, 0.2) is 18.2 Å². The fourth-order valence-corrected chi connectivity index (χ4v) is 2.81. The SMILES string of the molecule is CC1CCCC(CNc2cc(F)ccc2[N+](=O)[O-])C1. The summed E-state index contributed by atoms with van der Waals surface area (Å²) in [7, 11) is 0. The minimum Gasteiger partial charge on any atom is -0.379 e. The van der Waals surface area contributed by atoms with Crippen molar-refractivity contribution in [2.45, 2.75) is 32.6 Å². The molecule has 0 saturated heterocycles. The Hall–Kier alpha value is -1.65. The number of benzene rings is 1. The molecule has 1 aromatic rings. The zero-order valence-corrected chi connectivity index (χ0v) is 11.1. The molecule has 0 radical (unpaired) electrons. The van der Waals surface area contributed by atoms with Crippen LogP contribution in [0.5, 0.6) is 0 Å². The third-order valence-electron chi connectivity index (χ3n) is 3.78. The Labute approximate surface area is 112 Å². The van der Waals surface area contributed by atoms with Gasteiger partial charge >= 0.3 is 0 Å². The van der Waals surface area contributed by atoms with E-state index >= 15 is 0 Å². The van der Waals surface area contributed by atoms with Crippen LogP contribution in [0.4, 0.5) is 15.8 Å². The van der Waals surface area contributed by atoms with Gasteiger partial charge in [-0.1, -0.05) is 19.8 Å². The number of nitro groups is 1. The molecule has 19 heavy (non-hydrogen) atoms. The van der Waals surface area contributed by atoms with Crippen molar-refractivity contribution in [1.29, 1.82) is 0 Å². The number of halogens is 1. The first-order chi connectivity index (χ1) is 9.06. The van der Waals surface area contributed by atoms with Crippen molar-refractivity contribution in [3.05, 3.63) is 34.1 Å². The lowest BCUT2D eigenvalue weighted by Gasteiger charge is -2.27. The highest BCUT2D eigenvalue weighted by Gasteiger charge is 2.20. The molecule has 1 aliphatic rings. The van der Waals surface area contributed by atoms with Gasteiger partial charge in [0, 0.05) is 18.7 Å². The van der Waals surface area contributed by atoms with Crippen LogP contribution in [0.25, 0.3) is 0 Å². The third-order valence-corrected chi connectivity index (χ3v) is 3.78. The van der Waals surface area contributed by atoms with Crippen LogP contribution in [0.3, 0.4) is 0 Å². The van der Waals surface area contributed by atoms with Crippen LogP contribution in [0.2, 0.25) is 0 Å². The second-order valence-electron chi connectivity index (χ2n) is 5.44. The van der Waals surface area contributed by atoms with Crippen LogP contribution >= 0.6 is 0 Å². The topological polar surface area (TPSA) is 55.2 Å². The van der Waals surface area contributed by atoms with Gasteiger partial charge in [0.25, 0.3) is 5.69 Å². The molecule has 0 aliphatic heterocycles. The summed E-state index contributed by atoms with van der Waals surface area (Å²) in [5, 5.41) is 13.9. The maximum absolute atomic E-state index is 13.2. The molecule has 0 aromatic heterocycles. The summed E-state index contributed by atoms with van der Waals surface area (Å²) in [4.78, 5) is 10.4. The zero-order valence-electron chi connectivity index (χ0n) is 11.1. The van der Waals surface area contributed by atoms with Gasteiger partial charge in [0.2, 0.25) is 0 Å². The Morgan fingerprint density at radius 2 is 2.26 bits per heavy atom. The van der Waals surface area contributed by atoms with E-state index in [2.05, 4.69) is 12.2 Å². The first-order valence-corrected chi connectivity index (χ1v) is 6.74. The van der Waals surface area contributed by atoms with Crippen LogP contribution in [-0.4, -0.2) is 11.5 Å². The average Bonchev–Trinajstić information content (AvgIpc) is 2.36. The van der Waals surface area contributed by atoms with Crippen molar-refractivity contribution in [3.63, 3.8) is 0 Å². The summed E-state index contributed by atoms with van der Waals surface area (Å²) < 4.78 is 13.2. The summed E-state index contributed by atoms with van der Waals surface area (Å²) in [6.07, 6.45) is 4.74. The van der Waals surface area contributed by atoms with Gasteiger partial charge in [0.15, 0.2) is 0 Å². The highest BCUT2D eigenvalue weighted by Crippen LogP contribution is 2.30. The van der Waals surface area contributed by atoms with Crippen molar-refractivity contribution < 1.29 is 9.31 Å². The van der Waals surface area contributed by atoms with E-state index in [4.69, 9.17) is 0 Å². The van der Waals surface area contributed by atoms with E-state index < -0.39 is 10.7 Å². The van der Waals surface area contributed by atoms with E-state index in [9.17, 15) is 14.5 Å². The zero-order chi connectivity index (χ0) is 13.8. The lowest BCUT2D eigenvalue weighted by Crippen LogP contribution is -2.21. The molecule has 5 heteroatoms. The van der Waals surface area contributed by atoms with E-state index in [1.54, 1.807) is 0 Å². The van der Waals surface area contributed by atoms with Crippen molar-refractivity contribution in [3.8, 4) is 0 Å². The van der Waals surface area contributed by atoms with Crippen molar-refractivity contribution in [1.82, 2.24) is 0 Å². The Morgan fingerprint density at radius 1 is 1.47 bits per heavy atom. The number of nitro benzene ring substituents is 1. The number of hydrogen-bond donors (Lipinski definition) is 1. The third kappa shape index (κ3) is 3.66. The van der Waals surface area contributed by atoms with Crippen molar-refractivity contribution in [2.24, 2.45) is 11.8 Å². The van der Waals surface area contributed by atoms with Gasteiger partial charge in [-0.25, -0.2) is 4.39 Å². The molecule has 1 fully saturated rings. The molecule has 2 rings (SSSR count). The molecule has 0 amide bonds. The summed E-state index contributed by atoms with van der Waals surface area (Å²) in [6, 6.07) is 3.53. The molecule has 0 spiro atoms. The second-order valence-corrected chi connectivity index (χ2v) is 5.44. The van der Waals surface area contributed by atoms with Crippen LogP contribution in [-0.2, 0) is 0 Å². The van der Waals surface area contributed by atoms with E-state index in [1.165, 1.54) is 25.0 Å². The van der Waals surface area contributed by atoms with Gasteiger partial charge in [0.05, 0.1) is 4.92 Å². The normalized spacial score (nSPS) is 23.1. The van der Waals surface area contributed by atoms with E-state index in [-0.39, 0.29) is 11.4 Å². The molecule has 1 aliphatic carbocycles. The first kappa shape index (κ1) is 13.8. The molecule has 0 bridgehead atoms. The summed E-state index contributed by atoms with van der Waals surface area (Å²) >= 11 is 0. The maximum Gasteiger partial charge on any atom is 0.292 e. The Kier molecular flexibility index (Phi) is 4.35. The Bertz CT molecular complexity index is 465. The predicted molar refractivity (Wildman–Crippen MR) is 72.7 cm³/mol. The fourth-order valence-electron chi connectivity index (χ4n) is 2.81. The van der Waals surface area contributed by atoms with Gasteiger partial charge < -0.3 is 5.32 Å². The maximum atomic E-state index is 13.2. The molecule has 0 heterocycles. The monoisotopic (exact) mass is 266 g/mol. The van der Waals surface area contributed by atoms with E-state index in [0.29, 0.717) is 18.4 Å². The second kappa shape index (κ2) is 5.99. The molecule has 2 unspecified atom stereocenters. The van der Waals surface area contributed by atoms with Gasteiger partial charge in [-0.2, -0.15) is 0 Å². The van der Waals surface area contributed by atoms with Gasteiger partial charge in [-0.3, -0.25) is 10.1 Å². The molecular weight excluding hydrogens is 247 g/mol. The first-order valence-electron chi connectivity index (χ1n) is 6.74. The highest BCUT2D eigenvalue weighted by atomic mass is 19.1. The molecule has 4 nitrogen and oxygen atoms in total. The summed E-state index contributed by atoms with van der Waals surface area (Å²) in [5.74, 6) is 0.778. The average molecular weight is 266 g/mol. The number of nitrogens with zero attached hydrogens (tertiary/aromatic N) is 1.